The van der Waals surface area contributed by atoms with E-state index in [0.29, 0.717) is 11.8 Å². The van der Waals surface area contributed by atoms with Crippen molar-refractivity contribution in [1.29, 1.82) is 0 Å². The van der Waals surface area contributed by atoms with Gasteiger partial charge in [0.15, 0.2) is 0 Å². The van der Waals surface area contributed by atoms with Crippen molar-refractivity contribution < 1.29 is 4.74 Å². The van der Waals surface area contributed by atoms with Crippen LogP contribution in [0.15, 0.2) is 47.5 Å². The van der Waals surface area contributed by atoms with E-state index < -0.39 is 0 Å². The van der Waals surface area contributed by atoms with Crippen molar-refractivity contribution in [3.8, 4) is 0 Å². The molecule has 0 unspecified atom stereocenters. The van der Waals surface area contributed by atoms with Crippen LogP contribution >= 0.6 is 0 Å². The lowest BCUT2D eigenvalue weighted by Gasteiger charge is -2.00. The Labute approximate surface area is 91.3 Å². The molecule has 15 heavy (non-hydrogen) atoms. The zero-order valence-corrected chi connectivity index (χ0v) is 9.47. The van der Waals surface area contributed by atoms with Crippen molar-refractivity contribution in [3.05, 3.63) is 42.5 Å². The highest BCUT2D eigenvalue weighted by molar-refractivity contribution is 5.89. The minimum atomic E-state index is 0.501. The molecule has 0 aliphatic rings. The Morgan fingerprint density at radius 3 is 2.47 bits per heavy atom. The molecule has 80 valence electrons. The lowest BCUT2D eigenvalue weighted by Crippen LogP contribution is -1.96. The fourth-order valence-electron chi connectivity index (χ4n) is 1.06. The van der Waals surface area contributed by atoms with Gasteiger partial charge in [-0.2, -0.15) is 0 Å². The van der Waals surface area contributed by atoms with Crippen LogP contribution in [0, 0.1) is 5.92 Å². The van der Waals surface area contributed by atoms with Crippen LogP contribution in [0.3, 0.4) is 0 Å². The SMILES string of the molecule is COC(/C=C/C(C)C)=Nc1ccccc1. The highest BCUT2D eigenvalue weighted by atomic mass is 16.5. The molecular weight excluding hydrogens is 186 g/mol. The van der Waals surface area contributed by atoms with Gasteiger partial charge in [-0.25, -0.2) is 4.99 Å². The first-order chi connectivity index (χ1) is 7.22. The minimum Gasteiger partial charge on any atom is -0.481 e. The summed E-state index contributed by atoms with van der Waals surface area (Å²) in [5.74, 6) is 1.14. The monoisotopic (exact) mass is 203 g/mol. The van der Waals surface area contributed by atoms with Gasteiger partial charge in [0.05, 0.1) is 12.8 Å². The van der Waals surface area contributed by atoms with E-state index in [-0.39, 0.29) is 0 Å². The van der Waals surface area contributed by atoms with Gasteiger partial charge in [-0.1, -0.05) is 38.1 Å². The number of aliphatic imine (C=N–C) groups is 1. The van der Waals surface area contributed by atoms with Gasteiger partial charge in [-0.3, -0.25) is 0 Å². The van der Waals surface area contributed by atoms with Crippen LogP contribution in [-0.2, 0) is 4.74 Å². The van der Waals surface area contributed by atoms with Crippen molar-refractivity contribution in [3.63, 3.8) is 0 Å². The number of nitrogens with zero attached hydrogens (tertiary/aromatic N) is 1. The number of allylic oxidation sites excluding steroid dienone is 1. The number of para-hydroxylation sites is 1. The van der Waals surface area contributed by atoms with E-state index in [4.69, 9.17) is 4.74 Å². The maximum atomic E-state index is 5.17. The fourth-order valence-corrected chi connectivity index (χ4v) is 1.06. The molecule has 1 aromatic carbocycles. The third kappa shape index (κ3) is 4.45. The van der Waals surface area contributed by atoms with Gasteiger partial charge in [-0.05, 0) is 24.1 Å². The van der Waals surface area contributed by atoms with E-state index in [1.54, 1.807) is 7.11 Å². The van der Waals surface area contributed by atoms with E-state index in [2.05, 4.69) is 24.9 Å². The molecule has 0 atom stereocenters. The van der Waals surface area contributed by atoms with Gasteiger partial charge in [0.25, 0.3) is 0 Å². The molecular formula is C13H17NO. The van der Waals surface area contributed by atoms with Crippen molar-refractivity contribution in [2.75, 3.05) is 7.11 Å². The van der Waals surface area contributed by atoms with E-state index in [9.17, 15) is 0 Å². The molecule has 1 aromatic rings. The third-order valence-electron chi connectivity index (χ3n) is 1.83. The summed E-state index contributed by atoms with van der Waals surface area (Å²) in [5.41, 5.74) is 0.905. The van der Waals surface area contributed by atoms with E-state index >= 15 is 0 Å². The van der Waals surface area contributed by atoms with E-state index in [0.717, 1.165) is 5.69 Å². The Bertz CT molecular complexity index is 339. The second-order valence-electron chi connectivity index (χ2n) is 3.59. The molecule has 0 aromatic heterocycles. The number of hydrogen-bond donors (Lipinski definition) is 0. The summed E-state index contributed by atoms with van der Waals surface area (Å²) < 4.78 is 5.17. The number of benzene rings is 1. The molecule has 0 saturated heterocycles. The predicted octanol–water partition coefficient (Wildman–Crippen LogP) is 3.58. The highest BCUT2D eigenvalue weighted by Crippen LogP contribution is 2.10. The Morgan fingerprint density at radius 1 is 1.27 bits per heavy atom. The first-order valence-corrected chi connectivity index (χ1v) is 5.08. The molecule has 0 aliphatic heterocycles. The smallest absolute Gasteiger partial charge is 0.213 e. The van der Waals surface area contributed by atoms with Crippen LogP contribution in [0.1, 0.15) is 13.8 Å². The van der Waals surface area contributed by atoms with Gasteiger partial charge in [-0.15, -0.1) is 0 Å². The standard InChI is InChI=1S/C13H17NO/c1-11(2)9-10-13(15-3)14-12-7-5-4-6-8-12/h4-11H,1-3H3/b10-9+,14-13?. The van der Waals surface area contributed by atoms with Crippen molar-refractivity contribution in [1.82, 2.24) is 0 Å². The van der Waals surface area contributed by atoms with Gasteiger partial charge in [0.1, 0.15) is 0 Å². The molecule has 0 amide bonds. The summed E-state index contributed by atoms with van der Waals surface area (Å²) in [4.78, 5) is 4.36. The summed E-state index contributed by atoms with van der Waals surface area (Å²) in [6.07, 6.45) is 3.96. The molecule has 2 heteroatoms. The Kier molecular flexibility index (Phi) is 4.61. The molecule has 0 bridgehead atoms. The topological polar surface area (TPSA) is 21.6 Å². The summed E-state index contributed by atoms with van der Waals surface area (Å²) in [7, 11) is 1.63. The molecule has 0 aliphatic carbocycles. The van der Waals surface area contributed by atoms with Crippen LogP contribution < -0.4 is 0 Å². The van der Waals surface area contributed by atoms with Gasteiger partial charge in [0, 0.05) is 0 Å². The lowest BCUT2D eigenvalue weighted by atomic mass is 10.2. The van der Waals surface area contributed by atoms with Gasteiger partial charge in [0.2, 0.25) is 5.90 Å². The van der Waals surface area contributed by atoms with Crippen LogP contribution in [0.2, 0.25) is 0 Å². The maximum Gasteiger partial charge on any atom is 0.213 e. The normalized spacial score (nSPS) is 12.4. The van der Waals surface area contributed by atoms with Crippen molar-refractivity contribution >= 4 is 11.6 Å². The summed E-state index contributed by atoms with van der Waals surface area (Å²) in [6.45, 7) is 4.23. The van der Waals surface area contributed by atoms with Crippen LogP contribution in [-0.4, -0.2) is 13.0 Å². The molecule has 0 fully saturated rings. The van der Waals surface area contributed by atoms with E-state index in [1.807, 2.05) is 36.4 Å². The number of hydrogen-bond acceptors (Lipinski definition) is 2. The number of methoxy groups -OCH3 is 1. The summed E-state index contributed by atoms with van der Waals surface area (Å²) >= 11 is 0. The summed E-state index contributed by atoms with van der Waals surface area (Å²) in [5, 5.41) is 0. The zero-order chi connectivity index (χ0) is 11.1. The quantitative estimate of drug-likeness (QED) is 0.543. The number of rotatable bonds is 3. The Balaban J connectivity index is 2.79. The molecule has 0 spiro atoms. The summed E-state index contributed by atoms with van der Waals surface area (Å²) in [6, 6.07) is 9.77. The second-order valence-corrected chi connectivity index (χ2v) is 3.59. The second kappa shape index (κ2) is 6.02. The Hall–Kier alpha value is -1.57. The molecule has 0 saturated carbocycles. The lowest BCUT2D eigenvalue weighted by molar-refractivity contribution is 0.407. The van der Waals surface area contributed by atoms with Crippen molar-refractivity contribution in [2.24, 2.45) is 10.9 Å². The third-order valence-corrected chi connectivity index (χ3v) is 1.83. The molecule has 0 heterocycles. The Morgan fingerprint density at radius 2 is 1.93 bits per heavy atom. The highest BCUT2D eigenvalue weighted by Gasteiger charge is 1.93. The molecule has 1 rings (SSSR count). The van der Waals surface area contributed by atoms with Crippen molar-refractivity contribution in [2.45, 2.75) is 13.8 Å². The van der Waals surface area contributed by atoms with Crippen LogP contribution in [0.25, 0.3) is 0 Å². The average molecular weight is 203 g/mol. The van der Waals surface area contributed by atoms with Crippen LogP contribution in [0.5, 0.6) is 0 Å². The largest absolute Gasteiger partial charge is 0.481 e. The average Bonchev–Trinajstić information content (AvgIpc) is 2.25. The first-order valence-electron chi connectivity index (χ1n) is 5.08. The minimum absolute atomic E-state index is 0.501. The first kappa shape index (κ1) is 11.5. The molecule has 0 radical (unpaired) electrons. The fraction of sp³-hybridized carbons (Fsp3) is 0.308. The van der Waals surface area contributed by atoms with Crippen LogP contribution in [0.4, 0.5) is 5.69 Å². The molecule has 0 N–H and O–H groups in total. The van der Waals surface area contributed by atoms with E-state index in [1.165, 1.54) is 0 Å². The van der Waals surface area contributed by atoms with Gasteiger partial charge >= 0.3 is 0 Å². The van der Waals surface area contributed by atoms with Gasteiger partial charge < -0.3 is 4.74 Å². The molecule has 2 nitrogen and oxygen atoms in total. The maximum absolute atomic E-state index is 5.17. The zero-order valence-electron chi connectivity index (χ0n) is 9.47. The predicted molar refractivity (Wildman–Crippen MR) is 64.5 cm³/mol. The number of ether oxygens (including phenoxy) is 1.